The molecule has 12 atom stereocenters. The van der Waals surface area contributed by atoms with Crippen LogP contribution in [0.5, 0.6) is 5.75 Å². The molecule has 5 fully saturated rings. The highest BCUT2D eigenvalue weighted by atomic mass is 16.6. The van der Waals surface area contributed by atoms with Gasteiger partial charge in [0.05, 0.1) is 0 Å². The number of phenols is 1. The second-order valence-electron chi connectivity index (χ2n) is 18.5. The van der Waals surface area contributed by atoms with Crippen molar-refractivity contribution in [1.29, 1.82) is 0 Å². The van der Waals surface area contributed by atoms with Crippen molar-refractivity contribution in [2.75, 3.05) is 0 Å². The van der Waals surface area contributed by atoms with Crippen LogP contribution in [0.15, 0.2) is 29.8 Å². The minimum absolute atomic E-state index is 0.00469. The molecule has 0 aliphatic heterocycles. The third-order valence-electron chi connectivity index (χ3n) is 16.2. The van der Waals surface area contributed by atoms with Gasteiger partial charge in [0.15, 0.2) is 17.2 Å². The number of ketones is 2. The van der Waals surface area contributed by atoms with E-state index in [1.807, 2.05) is 18.2 Å². The molecule has 1 aromatic rings. The first kappa shape index (κ1) is 36.4. The number of aryl methyl sites for hydroxylation is 1. The van der Waals surface area contributed by atoms with Crippen molar-refractivity contribution in [2.45, 2.75) is 150 Å². The smallest absolute Gasteiger partial charge is 0.303 e. The van der Waals surface area contributed by atoms with Crippen molar-refractivity contribution in [2.24, 2.45) is 51.8 Å². The summed E-state index contributed by atoms with van der Waals surface area (Å²) in [5.41, 5.74) is 3.16. The summed E-state index contributed by atoms with van der Waals surface area (Å²) in [7, 11) is 0. The quantitative estimate of drug-likeness (QED) is 0.314. The number of benzene rings is 1. The molecule has 5 saturated carbocycles. The Kier molecular flexibility index (Phi) is 9.18. The van der Waals surface area contributed by atoms with Crippen molar-refractivity contribution in [3.8, 4) is 5.75 Å². The first-order chi connectivity index (χ1) is 24.0. The maximum absolute atomic E-state index is 12.8. The molecule has 1 aromatic carbocycles. The van der Waals surface area contributed by atoms with Gasteiger partial charge in [-0.25, -0.2) is 0 Å². The minimum atomic E-state index is -0.961. The van der Waals surface area contributed by atoms with Crippen LogP contribution in [0.25, 0.3) is 0 Å². The number of fused-ring (bicyclic) bond motifs is 10. The van der Waals surface area contributed by atoms with E-state index in [0.717, 1.165) is 51.4 Å². The van der Waals surface area contributed by atoms with Crippen LogP contribution in [0.3, 0.4) is 0 Å². The summed E-state index contributed by atoms with van der Waals surface area (Å²) >= 11 is 0. The van der Waals surface area contributed by atoms with Crippen LogP contribution < -0.4 is 0 Å². The van der Waals surface area contributed by atoms with Crippen LogP contribution in [-0.2, 0) is 35.1 Å². The maximum Gasteiger partial charge on any atom is 0.303 e. The monoisotopic (exact) mass is 700 g/mol. The van der Waals surface area contributed by atoms with Gasteiger partial charge in [-0.15, -0.1) is 0 Å². The predicted octanol–water partition coefficient (Wildman–Crippen LogP) is 8.84. The average Bonchev–Trinajstić information content (AvgIpc) is 3.55. The Balaban J connectivity index is 0.000000162. The second kappa shape index (κ2) is 12.9. The van der Waals surface area contributed by atoms with Gasteiger partial charge in [0.2, 0.25) is 0 Å². The molecule has 0 heterocycles. The molecule has 8 rings (SSSR count). The molecule has 0 spiro atoms. The number of rotatable bonds is 3. The molecule has 1 N–H and O–H groups in total. The summed E-state index contributed by atoms with van der Waals surface area (Å²) in [4.78, 5) is 48.3. The van der Waals surface area contributed by atoms with E-state index in [1.165, 1.54) is 49.8 Å². The highest BCUT2D eigenvalue weighted by molar-refractivity contribution is 5.92. The lowest BCUT2D eigenvalue weighted by Gasteiger charge is -2.60. The zero-order valence-electron chi connectivity index (χ0n) is 32.0. The number of ether oxygens (including phenoxy) is 2. The van der Waals surface area contributed by atoms with Crippen molar-refractivity contribution in [3.05, 3.63) is 41.0 Å². The number of carbonyl (C=O) groups is 4. The zero-order valence-corrected chi connectivity index (χ0v) is 32.0. The van der Waals surface area contributed by atoms with Crippen LogP contribution in [0.4, 0.5) is 0 Å². The van der Waals surface area contributed by atoms with Gasteiger partial charge in [0.1, 0.15) is 11.9 Å². The average molecular weight is 701 g/mol. The van der Waals surface area contributed by atoms with E-state index in [0.29, 0.717) is 60.0 Å². The molecular weight excluding hydrogens is 640 g/mol. The van der Waals surface area contributed by atoms with E-state index in [9.17, 15) is 24.3 Å². The third kappa shape index (κ3) is 5.64. The summed E-state index contributed by atoms with van der Waals surface area (Å²) in [6, 6.07) is 5.93. The lowest BCUT2D eigenvalue weighted by Crippen LogP contribution is -2.59. The number of esters is 2. The normalized spacial score (nSPS) is 43.4. The van der Waals surface area contributed by atoms with Gasteiger partial charge in [-0.3, -0.25) is 19.2 Å². The van der Waals surface area contributed by atoms with Gasteiger partial charge in [-0.1, -0.05) is 39.3 Å². The molecule has 278 valence electrons. The van der Waals surface area contributed by atoms with Gasteiger partial charge in [-0.2, -0.15) is 0 Å². The molecule has 7 aliphatic rings. The molecule has 0 radical (unpaired) electrons. The fourth-order valence-corrected chi connectivity index (χ4v) is 14.0. The van der Waals surface area contributed by atoms with Crippen molar-refractivity contribution < 1.29 is 33.8 Å². The Morgan fingerprint density at radius 1 is 0.804 bits per heavy atom. The highest BCUT2D eigenvalue weighted by Crippen LogP contribution is 2.69. The SMILES string of the molecule is CC(=O)O[C@H]1CC[C@H]2[C@@H]3CCc4cc(O)ccc4[C@H]3CC[C@]12C.CC(=O)O[C@]1(C(C)=O)CC[C@H]2[C@@H]3C[C@H](C)C4=CC(=O)CC[C@]4(C)[C@H]3CC[C@@]21C. The van der Waals surface area contributed by atoms with Crippen LogP contribution in [-0.4, -0.2) is 40.3 Å². The first-order valence-corrected chi connectivity index (χ1v) is 20.0. The standard InChI is InChI=1S/C24H34O4.C20H26O3/c1-14-12-18-19(22(4)9-6-17(27)13-21(14)22)7-10-23(5)20(18)8-11-24(23,15(2)25)28-16(3)26;1-12(21)23-19-8-7-18-17-5-3-13-11-14(22)4-6-15(13)16(17)9-10-20(18,19)2/h13-14,18-20H,6-12H2,1-5H3;4,6,11,16-19,22H,3,5,7-10H2,1-2H3/t14-,18+,19-,20-,22+,23-,24-;16-,17-,18+,19+,20+/m01/s1. The van der Waals surface area contributed by atoms with Gasteiger partial charge in [0, 0.05) is 31.1 Å². The van der Waals surface area contributed by atoms with E-state index in [-0.39, 0.29) is 45.9 Å². The maximum atomic E-state index is 12.8. The summed E-state index contributed by atoms with van der Waals surface area (Å²) in [6.07, 6.45) is 15.1. The number of carbonyl (C=O) groups excluding carboxylic acids is 4. The van der Waals surface area contributed by atoms with Crippen molar-refractivity contribution in [1.82, 2.24) is 0 Å². The lowest BCUT2D eigenvalue weighted by atomic mass is 9.44. The topological polar surface area (TPSA) is 107 Å². The number of Topliss-reactive ketones (excluding diaryl/α,β-unsaturated/α-hetero) is 1. The Labute approximate surface area is 304 Å². The predicted molar refractivity (Wildman–Crippen MR) is 195 cm³/mol. The Morgan fingerprint density at radius 3 is 2.25 bits per heavy atom. The summed E-state index contributed by atoms with van der Waals surface area (Å²) in [5, 5.41) is 9.75. The van der Waals surface area contributed by atoms with E-state index in [2.05, 4.69) is 33.8 Å². The van der Waals surface area contributed by atoms with E-state index < -0.39 is 5.60 Å². The molecular formula is C44H60O7. The van der Waals surface area contributed by atoms with Gasteiger partial charge < -0.3 is 14.6 Å². The molecule has 7 heteroatoms. The molecule has 0 saturated heterocycles. The van der Waals surface area contributed by atoms with Crippen LogP contribution in [0.1, 0.15) is 143 Å². The molecule has 7 aliphatic carbocycles. The summed E-state index contributed by atoms with van der Waals surface area (Å²) in [5.74, 6) is 4.05. The van der Waals surface area contributed by atoms with Crippen LogP contribution >= 0.6 is 0 Å². The molecule has 51 heavy (non-hydrogen) atoms. The molecule has 0 aromatic heterocycles. The highest BCUT2D eigenvalue weighted by Gasteiger charge is 2.68. The van der Waals surface area contributed by atoms with Crippen molar-refractivity contribution in [3.63, 3.8) is 0 Å². The van der Waals surface area contributed by atoms with Crippen LogP contribution in [0.2, 0.25) is 0 Å². The molecule has 0 unspecified atom stereocenters. The minimum Gasteiger partial charge on any atom is -0.508 e. The third-order valence-corrected chi connectivity index (χ3v) is 16.2. The van der Waals surface area contributed by atoms with E-state index >= 15 is 0 Å². The number of allylic oxidation sites excluding steroid dienone is 1. The Hall–Kier alpha value is -2.96. The van der Waals surface area contributed by atoms with Gasteiger partial charge in [-0.05, 0) is 160 Å². The summed E-state index contributed by atoms with van der Waals surface area (Å²) < 4.78 is 11.5. The lowest BCUT2D eigenvalue weighted by molar-refractivity contribution is -0.187. The largest absolute Gasteiger partial charge is 0.508 e. The first-order valence-electron chi connectivity index (χ1n) is 20.0. The van der Waals surface area contributed by atoms with E-state index in [1.54, 1.807) is 6.92 Å². The summed E-state index contributed by atoms with van der Waals surface area (Å²) in [6.45, 7) is 13.7. The zero-order chi connectivity index (χ0) is 36.7. The van der Waals surface area contributed by atoms with Gasteiger partial charge >= 0.3 is 11.9 Å². The molecule has 0 amide bonds. The Morgan fingerprint density at radius 2 is 1.55 bits per heavy atom. The molecule has 7 nitrogen and oxygen atoms in total. The Bertz CT molecular complexity index is 1640. The number of aromatic hydroxyl groups is 1. The van der Waals surface area contributed by atoms with Gasteiger partial charge in [0.25, 0.3) is 0 Å². The number of hydrogen-bond donors (Lipinski definition) is 1. The number of hydrogen-bond acceptors (Lipinski definition) is 7. The fourth-order valence-electron chi connectivity index (χ4n) is 14.0. The van der Waals surface area contributed by atoms with Crippen molar-refractivity contribution >= 4 is 23.5 Å². The van der Waals surface area contributed by atoms with Crippen LogP contribution in [0, 0.1) is 51.8 Å². The second-order valence-corrected chi connectivity index (χ2v) is 18.5. The number of phenolic OH excluding ortho intramolecular Hbond substituents is 1. The van der Waals surface area contributed by atoms with E-state index in [4.69, 9.17) is 9.47 Å². The molecule has 0 bridgehead atoms. The fraction of sp³-hybridized carbons (Fsp3) is 0.727.